The predicted molar refractivity (Wildman–Crippen MR) is 91.1 cm³/mol. The highest BCUT2D eigenvalue weighted by Crippen LogP contribution is 2.27. The van der Waals surface area contributed by atoms with E-state index in [2.05, 4.69) is 10.6 Å². The predicted octanol–water partition coefficient (Wildman–Crippen LogP) is 3.92. The minimum atomic E-state index is -0.544. The van der Waals surface area contributed by atoms with Gasteiger partial charge in [0.15, 0.2) is 0 Å². The maximum atomic E-state index is 12.1. The molecule has 0 heterocycles. The Balaban J connectivity index is 2.07. The molecule has 23 heavy (non-hydrogen) atoms. The van der Waals surface area contributed by atoms with Crippen molar-refractivity contribution in [2.24, 2.45) is 0 Å². The van der Waals surface area contributed by atoms with E-state index in [-0.39, 0.29) is 28.8 Å². The number of hydrogen-bond acceptors (Lipinski definition) is 4. The minimum absolute atomic E-state index is 0.0871. The zero-order valence-electron chi connectivity index (χ0n) is 12.7. The van der Waals surface area contributed by atoms with Crippen LogP contribution in [0.25, 0.3) is 0 Å². The van der Waals surface area contributed by atoms with Crippen LogP contribution in [-0.4, -0.2) is 17.4 Å². The molecule has 0 unspecified atom stereocenters. The molecule has 7 heteroatoms. The van der Waals surface area contributed by atoms with Gasteiger partial charge in [-0.2, -0.15) is 0 Å². The van der Waals surface area contributed by atoms with E-state index in [1.54, 1.807) is 0 Å². The lowest BCUT2D eigenvalue weighted by atomic mass is 10.1. The van der Waals surface area contributed by atoms with E-state index in [0.717, 1.165) is 16.8 Å². The van der Waals surface area contributed by atoms with E-state index >= 15 is 0 Å². The fourth-order valence-electron chi connectivity index (χ4n) is 2.18. The van der Waals surface area contributed by atoms with Crippen molar-refractivity contribution in [3.63, 3.8) is 0 Å². The number of aryl methyl sites for hydroxylation is 2. The summed E-state index contributed by atoms with van der Waals surface area (Å²) in [6, 6.07) is 9.97. The molecule has 0 saturated carbocycles. The molecule has 0 radical (unpaired) electrons. The molecule has 2 aromatic carbocycles. The van der Waals surface area contributed by atoms with E-state index in [1.165, 1.54) is 18.2 Å². The first-order valence-corrected chi connectivity index (χ1v) is 7.30. The number of anilines is 2. The summed E-state index contributed by atoms with van der Waals surface area (Å²) in [6.45, 7) is 3.72. The Morgan fingerprint density at radius 1 is 1.22 bits per heavy atom. The van der Waals surface area contributed by atoms with Gasteiger partial charge in [0.1, 0.15) is 5.69 Å². The summed E-state index contributed by atoms with van der Waals surface area (Å²) in [4.78, 5) is 22.5. The van der Waals surface area contributed by atoms with Crippen LogP contribution in [0.2, 0.25) is 5.02 Å². The van der Waals surface area contributed by atoms with Gasteiger partial charge in [-0.15, -0.1) is 0 Å². The summed E-state index contributed by atoms with van der Waals surface area (Å²) in [5, 5.41) is 16.9. The molecule has 0 aromatic heterocycles. The standard InChI is InChI=1S/C16H16ClN3O3/c1-10-4-3-5-11(2)16(10)19-15(21)9-18-13-7-6-12(17)8-14(13)20(22)23/h3-8,18H,9H2,1-2H3,(H,19,21). The third-order valence-electron chi connectivity index (χ3n) is 3.34. The Morgan fingerprint density at radius 3 is 2.48 bits per heavy atom. The number of hydrogen-bond donors (Lipinski definition) is 2. The van der Waals surface area contributed by atoms with E-state index in [1.807, 2.05) is 32.0 Å². The number of para-hydroxylation sites is 1. The van der Waals surface area contributed by atoms with Crippen LogP contribution in [0.15, 0.2) is 36.4 Å². The van der Waals surface area contributed by atoms with Crippen molar-refractivity contribution >= 4 is 34.6 Å². The SMILES string of the molecule is Cc1cccc(C)c1NC(=O)CNc1ccc(Cl)cc1[N+](=O)[O-]. The molecular weight excluding hydrogens is 318 g/mol. The Bertz CT molecular complexity index is 742. The Kier molecular flexibility index (Phi) is 5.18. The molecule has 0 aliphatic carbocycles. The van der Waals surface area contributed by atoms with Crippen molar-refractivity contribution in [2.75, 3.05) is 17.2 Å². The van der Waals surface area contributed by atoms with E-state index < -0.39 is 4.92 Å². The van der Waals surface area contributed by atoms with Gasteiger partial charge in [-0.05, 0) is 37.1 Å². The smallest absolute Gasteiger partial charge is 0.293 e. The minimum Gasteiger partial charge on any atom is -0.371 e. The highest BCUT2D eigenvalue weighted by molar-refractivity contribution is 6.30. The average Bonchev–Trinajstić information content (AvgIpc) is 2.49. The summed E-state index contributed by atoms with van der Waals surface area (Å²) in [7, 11) is 0. The van der Waals surface area contributed by atoms with Crippen molar-refractivity contribution in [1.29, 1.82) is 0 Å². The molecule has 6 nitrogen and oxygen atoms in total. The molecule has 2 rings (SSSR count). The topological polar surface area (TPSA) is 84.3 Å². The number of nitrogens with zero attached hydrogens (tertiary/aromatic N) is 1. The van der Waals surface area contributed by atoms with Gasteiger partial charge in [0, 0.05) is 16.8 Å². The van der Waals surface area contributed by atoms with Crippen LogP contribution in [-0.2, 0) is 4.79 Å². The largest absolute Gasteiger partial charge is 0.371 e. The number of rotatable bonds is 5. The van der Waals surface area contributed by atoms with Crippen LogP contribution >= 0.6 is 11.6 Å². The normalized spacial score (nSPS) is 10.2. The van der Waals surface area contributed by atoms with Crippen molar-refractivity contribution in [3.8, 4) is 0 Å². The molecule has 2 N–H and O–H groups in total. The first-order chi connectivity index (χ1) is 10.9. The third-order valence-corrected chi connectivity index (χ3v) is 3.58. The second-order valence-corrected chi connectivity index (χ2v) is 5.52. The van der Waals surface area contributed by atoms with E-state index in [0.29, 0.717) is 0 Å². The highest BCUT2D eigenvalue weighted by atomic mass is 35.5. The molecule has 0 fully saturated rings. The number of halogens is 1. The Morgan fingerprint density at radius 2 is 1.87 bits per heavy atom. The second kappa shape index (κ2) is 7.11. The van der Waals surface area contributed by atoms with Crippen LogP contribution in [0.4, 0.5) is 17.1 Å². The zero-order chi connectivity index (χ0) is 17.0. The maximum absolute atomic E-state index is 12.1. The molecule has 0 aliphatic rings. The van der Waals surface area contributed by atoms with Crippen LogP contribution in [0, 0.1) is 24.0 Å². The van der Waals surface area contributed by atoms with Gasteiger partial charge in [-0.3, -0.25) is 14.9 Å². The molecule has 120 valence electrons. The van der Waals surface area contributed by atoms with Crippen LogP contribution < -0.4 is 10.6 Å². The molecular formula is C16H16ClN3O3. The molecule has 2 aromatic rings. The fourth-order valence-corrected chi connectivity index (χ4v) is 2.34. The second-order valence-electron chi connectivity index (χ2n) is 5.09. The maximum Gasteiger partial charge on any atom is 0.293 e. The van der Waals surface area contributed by atoms with Crippen LogP contribution in [0.3, 0.4) is 0 Å². The first-order valence-electron chi connectivity index (χ1n) is 6.92. The lowest BCUT2D eigenvalue weighted by Gasteiger charge is -2.12. The molecule has 1 amide bonds. The first kappa shape index (κ1) is 16.8. The summed E-state index contributed by atoms with van der Waals surface area (Å²) < 4.78 is 0. The zero-order valence-corrected chi connectivity index (χ0v) is 13.5. The van der Waals surface area contributed by atoms with Gasteiger partial charge in [-0.1, -0.05) is 29.8 Å². The molecule has 0 aliphatic heterocycles. The van der Waals surface area contributed by atoms with Crippen LogP contribution in [0.1, 0.15) is 11.1 Å². The van der Waals surface area contributed by atoms with Gasteiger partial charge in [-0.25, -0.2) is 0 Å². The lowest BCUT2D eigenvalue weighted by Crippen LogP contribution is -2.23. The molecule has 0 atom stereocenters. The Labute approximate surface area is 138 Å². The quantitative estimate of drug-likeness (QED) is 0.641. The number of carbonyl (C=O) groups excluding carboxylic acids is 1. The van der Waals surface area contributed by atoms with Crippen molar-refractivity contribution < 1.29 is 9.72 Å². The van der Waals surface area contributed by atoms with Gasteiger partial charge in [0.2, 0.25) is 5.91 Å². The number of benzene rings is 2. The number of nitro groups is 1. The molecule has 0 saturated heterocycles. The molecule has 0 bridgehead atoms. The molecule has 0 spiro atoms. The summed E-state index contributed by atoms with van der Waals surface area (Å²) >= 11 is 5.75. The fraction of sp³-hybridized carbons (Fsp3) is 0.188. The average molecular weight is 334 g/mol. The third kappa shape index (κ3) is 4.20. The van der Waals surface area contributed by atoms with Crippen LogP contribution in [0.5, 0.6) is 0 Å². The number of carbonyl (C=O) groups is 1. The van der Waals surface area contributed by atoms with E-state index in [4.69, 9.17) is 11.6 Å². The number of nitrogens with one attached hydrogen (secondary N) is 2. The number of amides is 1. The van der Waals surface area contributed by atoms with E-state index in [9.17, 15) is 14.9 Å². The lowest BCUT2D eigenvalue weighted by molar-refractivity contribution is -0.383. The van der Waals surface area contributed by atoms with Crippen molar-refractivity contribution in [3.05, 3.63) is 62.7 Å². The van der Waals surface area contributed by atoms with Gasteiger partial charge < -0.3 is 10.6 Å². The van der Waals surface area contributed by atoms with Crippen molar-refractivity contribution in [2.45, 2.75) is 13.8 Å². The monoisotopic (exact) mass is 333 g/mol. The van der Waals surface area contributed by atoms with Crippen molar-refractivity contribution in [1.82, 2.24) is 0 Å². The highest BCUT2D eigenvalue weighted by Gasteiger charge is 2.15. The number of nitro benzene ring substituents is 1. The summed E-state index contributed by atoms with van der Waals surface area (Å²) in [5.41, 5.74) is 2.74. The summed E-state index contributed by atoms with van der Waals surface area (Å²) in [5.74, 6) is -0.286. The summed E-state index contributed by atoms with van der Waals surface area (Å²) in [6.07, 6.45) is 0. The van der Waals surface area contributed by atoms with Gasteiger partial charge in [0.25, 0.3) is 5.69 Å². The van der Waals surface area contributed by atoms with Gasteiger partial charge in [0.05, 0.1) is 11.5 Å². The Hall–Kier alpha value is -2.60. The van der Waals surface area contributed by atoms with Gasteiger partial charge >= 0.3 is 0 Å².